The van der Waals surface area contributed by atoms with Crippen LogP contribution in [0.5, 0.6) is 0 Å². The molecule has 1 atom stereocenters. The maximum absolute atomic E-state index is 13.8. The van der Waals surface area contributed by atoms with E-state index in [1.165, 1.54) is 18.2 Å². The van der Waals surface area contributed by atoms with Crippen LogP contribution in [0.3, 0.4) is 0 Å². The Bertz CT molecular complexity index is 442. The molecule has 0 saturated carbocycles. The highest BCUT2D eigenvalue weighted by Gasteiger charge is 2.75. The molecule has 0 N–H and O–H groups in total. The molecule has 0 bridgehead atoms. The Morgan fingerprint density at radius 1 is 0.905 bits per heavy atom. The predicted octanol–water partition coefficient (Wildman–Crippen LogP) is 4.81. The minimum atomic E-state index is -6.37. The average molecular weight is 317 g/mol. The van der Waals surface area contributed by atoms with E-state index < -0.39 is 43.4 Å². The zero-order valence-corrected chi connectivity index (χ0v) is 10.6. The molecule has 0 aromatic heterocycles. The first-order valence-electron chi connectivity index (χ1n) is 6.01. The minimum Gasteiger partial charge on any atom is -0.237 e. The van der Waals surface area contributed by atoms with E-state index in [0.717, 1.165) is 12.1 Å². The first kappa shape index (κ1) is 17.7. The van der Waals surface area contributed by atoms with E-state index in [1.54, 1.807) is 0 Å². The summed E-state index contributed by atoms with van der Waals surface area (Å²) in [4.78, 5) is 0. The second kappa shape index (κ2) is 6.21. The summed E-state index contributed by atoms with van der Waals surface area (Å²) in [6, 6.07) is 5.99. The monoisotopic (exact) mass is 317 g/mol. The number of benzene rings is 1. The van der Waals surface area contributed by atoms with Crippen molar-refractivity contribution in [3.8, 4) is 0 Å². The Morgan fingerprint density at radius 2 is 1.43 bits per heavy atom. The van der Waals surface area contributed by atoms with Crippen molar-refractivity contribution in [2.75, 3.05) is 6.61 Å². The molecule has 1 nitrogen and oxygen atoms in total. The first-order valence-corrected chi connectivity index (χ1v) is 6.01. The van der Waals surface area contributed by atoms with E-state index in [1.807, 2.05) is 0 Å². The molecule has 0 heterocycles. The Labute approximate surface area is 116 Å². The van der Waals surface area contributed by atoms with Crippen molar-refractivity contribution in [3.63, 3.8) is 0 Å². The molecular formula is C13H12F7O. The van der Waals surface area contributed by atoms with Gasteiger partial charge < -0.3 is 0 Å². The Morgan fingerprint density at radius 3 is 1.86 bits per heavy atom. The van der Waals surface area contributed by atoms with E-state index >= 15 is 0 Å². The molecule has 0 amide bonds. The van der Waals surface area contributed by atoms with Crippen molar-refractivity contribution in [1.29, 1.82) is 0 Å². The lowest BCUT2D eigenvalue weighted by molar-refractivity contribution is -0.359. The molecular weight excluding hydrogens is 305 g/mol. The van der Waals surface area contributed by atoms with Crippen molar-refractivity contribution in [2.24, 2.45) is 0 Å². The molecule has 0 aliphatic heterocycles. The largest absolute Gasteiger partial charge is 0.459 e. The van der Waals surface area contributed by atoms with E-state index in [-0.39, 0.29) is 5.56 Å². The second-order valence-electron chi connectivity index (χ2n) is 4.50. The van der Waals surface area contributed by atoms with Crippen LogP contribution < -0.4 is 0 Å². The van der Waals surface area contributed by atoms with Crippen LogP contribution >= 0.6 is 0 Å². The van der Waals surface area contributed by atoms with Gasteiger partial charge in [0, 0.05) is 0 Å². The van der Waals surface area contributed by atoms with Crippen molar-refractivity contribution >= 4 is 0 Å². The number of alkyl halides is 7. The molecule has 119 valence electrons. The summed E-state index contributed by atoms with van der Waals surface area (Å²) >= 11 is 0. The fraction of sp³-hybridized carbons (Fsp3) is 0.538. The van der Waals surface area contributed by atoms with Gasteiger partial charge in [0.05, 0.1) is 12.5 Å². The number of hydrogen-bond donors (Lipinski definition) is 0. The minimum absolute atomic E-state index is 0.361. The highest BCUT2D eigenvalue weighted by molar-refractivity contribution is 5.23. The fourth-order valence-corrected chi connectivity index (χ4v) is 1.94. The summed E-state index contributed by atoms with van der Waals surface area (Å²) in [5.74, 6) is -13.9. The number of hydrogen-bond acceptors (Lipinski definition) is 0. The Balaban J connectivity index is 3.24. The van der Waals surface area contributed by atoms with Crippen LogP contribution in [0.4, 0.5) is 30.7 Å². The van der Waals surface area contributed by atoms with Gasteiger partial charge in [-0.05, 0) is 18.4 Å². The molecule has 21 heavy (non-hydrogen) atoms. The van der Waals surface area contributed by atoms with E-state index in [0.29, 0.717) is 0 Å². The maximum Gasteiger partial charge on any atom is 0.459 e. The molecule has 1 unspecified atom stereocenters. The van der Waals surface area contributed by atoms with Gasteiger partial charge >= 0.3 is 18.0 Å². The molecule has 1 radical (unpaired) electrons. The first-order chi connectivity index (χ1) is 9.55. The van der Waals surface area contributed by atoms with Crippen LogP contribution in [-0.2, 0) is 5.11 Å². The van der Waals surface area contributed by atoms with Gasteiger partial charge in [-0.2, -0.15) is 30.7 Å². The lowest BCUT2D eigenvalue weighted by Crippen LogP contribution is -2.54. The topological polar surface area (TPSA) is 19.9 Å². The van der Waals surface area contributed by atoms with E-state index in [9.17, 15) is 35.8 Å². The molecule has 0 saturated heterocycles. The smallest absolute Gasteiger partial charge is 0.237 e. The molecule has 1 rings (SSSR count). The zero-order chi connectivity index (χ0) is 16.3. The van der Waals surface area contributed by atoms with Gasteiger partial charge in [0.25, 0.3) is 0 Å². The van der Waals surface area contributed by atoms with Crippen LogP contribution in [0.15, 0.2) is 30.3 Å². The summed E-state index contributed by atoms with van der Waals surface area (Å²) in [7, 11) is 0. The van der Waals surface area contributed by atoms with Crippen LogP contribution in [-0.4, -0.2) is 24.6 Å². The van der Waals surface area contributed by atoms with Gasteiger partial charge in [0.2, 0.25) is 0 Å². The van der Waals surface area contributed by atoms with Crippen molar-refractivity contribution in [2.45, 2.75) is 36.8 Å². The average Bonchev–Trinajstić information content (AvgIpc) is 2.38. The standard InChI is InChI=1S/C13H12F7O/c14-11(15,12(16,17)13(18,19)20)10(7-4-8-21)9-5-2-1-3-6-9/h1-3,5-6,10H,4,7-8H2. The quantitative estimate of drug-likeness (QED) is 0.671. The number of halogens is 7. The summed E-state index contributed by atoms with van der Waals surface area (Å²) in [5, 5.41) is 10.4. The van der Waals surface area contributed by atoms with Crippen molar-refractivity contribution in [1.82, 2.24) is 0 Å². The predicted molar refractivity (Wildman–Crippen MR) is 59.9 cm³/mol. The van der Waals surface area contributed by atoms with Gasteiger partial charge in [-0.3, -0.25) is 0 Å². The SMILES string of the molecule is [O]CCCC(c1ccccc1)C(F)(F)C(F)(F)C(F)(F)F. The lowest BCUT2D eigenvalue weighted by atomic mass is 9.85. The molecule has 0 aliphatic rings. The Hall–Kier alpha value is -1.31. The van der Waals surface area contributed by atoms with Crippen LogP contribution in [0.1, 0.15) is 24.3 Å². The lowest BCUT2D eigenvalue weighted by Gasteiger charge is -2.34. The van der Waals surface area contributed by atoms with Crippen LogP contribution in [0.2, 0.25) is 0 Å². The van der Waals surface area contributed by atoms with Gasteiger partial charge in [-0.15, -0.1) is 0 Å². The van der Waals surface area contributed by atoms with Crippen molar-refractivity contribution < 1.29 is 35.8 Å². The van der Waals surface area contributed by atoms with Gasteiger partial charge in [-0.25, -0.2) is 5.11 Å². The number of rotatable bonds is 6. The van der Waals surface area contributed by atoms with Crippen LogP contribution in [0.25, 0.3) is 0 Å². The highest BCUT2D eigenvalue weighted by atomic mass is 19.4. The summed E-state index contributed by atoms with van der Waals surface area (Å²) < 4.78 is 90.5. The Kier molecular flexibility index (Phi) is 5.25. The highest BCUT2D eigenvalue weighted by Crippen LogP contribution is 2.53. The summed E-state index contributed by atoms with van der Waals surface area (Å²) in [6.07, 6.45) is -7.56. The fourth-order valence-electron chi connectivity index (χ4n) is 1.94. The van der Waals surface area contributed by atoms with Gasteiger partial charge in [0.15, 0.2) is 0 Å². The third-order valence-corrected chi connectivity index (χ3v) is 3.05. The van der Waals surface area contributed by atoms with E-state index in [2.05, 4.69) is 0 Å². The molecule has 1 aromatic carbocycles. The molecule has 0 spiro atoms. The molecule has 0 fully saturated rings. The van der Waals surface area contributed by atoms with E-state index in [4.69, 9.17) is 0 Å². The molecule has 8 heteroatoms. The molecule has 1 aromatic rings. The van der Waals surface area contributed by atoms with Crippen molar-refractivity contribution in [3.05, 3.63) is 35.9 Å². The van der Waals surface area contributed by atoms with Crippen LogP contribution in [0, 0.1) is 0 Å². The van der Waals surface area contributed by atoms with Gasteiger partial charge in [-0.1, -0.05) is 30.3 Å². The third kappa shape index (κ3) is 3.48. The second-order valence-corrected chi connectivity index (χ2v) is 4.50. The molecule has 0 aliphatic carbocycles. The third-order valence-electron chi connectivity index (χ3n) is 3.05. The van der Waals surface area contributed by atoms with Gasteiger partial charge in [0.1, 0.15) is 0 Å². The summed E-state index contributed by atoms with van der Waals surface area (Å²) in [5.41, 5.74) is -0.361. The normalized spacial score (nSPS) is 15.0. The zero-order valence-electron chi connectivity index (χ0n) is 10.6. The maximum atomic E-state index is 13.8. The summed E-state index contributed by atoms with van der Waals surface area (Å²) in [6.45, 7) is -0.836.